The zero-order valence-corrected chi connectivity index (χ0v) is 9.28. The first-order valence-corrected chi connectivity index (χ1v) is 5.18. The molecule has 0 radical (unpaired) electrons. The van der Waals surface area contributed by atoms with Gasteiger partial charge in [0.15, 0.2) is 11.6 Å². The van der Waals surface area contributed by atoms with Crippen LogP contribution in [0, 0.1) is 0 Å². The van der Waals surface area contributed by atoms with E-state index in [0.29, 0.717) is 22.3 Å². The number of fused-ring (bicyclic) bond motifs is 1. The molecule has 2 heteroatoms. The van der Waals surface area contributed by atoms with E-state index in [1.807, 2.05) is 6.92 Å². The minimum Gasteiger partial charge on any atom is -0.289 e. The Morgan fingerprint density at radius 1 is 1.00 bits per heavy atom. The molecule has 2 rings (SSSR count). The molecule has 0 heterocycles. The third-order valence-corrected chi connectivity index (χ3v) is 2.74. The average Bonchev–Trinajstić information content (AvgIpc) is 2.32. The van der Waals surface area contributed by atoms with Crippen LogP contribution in [0.4, 0.5) is 0 Å². The molecule has 0 atom stereocenters. The number of carbonyl (C=O) groups excluding carboxylic acids is 2. The molecule has 0 saturated heterocycles. The molecule has 0 amide bonds. The van der Waals surface area contributed by atoms with Crippen molar-refractivity contribution in [3.63, 3.8) is 0 Å². The SMILES string of the molecule is C/C=C\C1=C(C)C(=O)c2ccccc2C1=O. The highest BCUT2D eigenvalue weighted by molar-refractivity contribution is 6.27. The van der Waals surface area contributed by atoms with Crippen molar-refractivity contribution < 1.29 is 9.59 Å². The summed E-state index contributed by atoms with van der Waals surface area (Å²) in [6.07, 6.45) is 3.48. The largest absolute Gasteiger partial charge is 0.289 e. The van der Waals surface area contributed by atoms with Crippen molar-refractivity contribution >= 4 is 11.6 Å². The van der Waals surface area contributed by atoms with Gasteiger partial charge in [-0.15, -0.1) is 0 Å². The minimum atomic E-state index is -0.0641. The van der Waals surface area contributed by atoms with E-state index in [-0.39, 0.29) is 11.6 Å². The highest BCUT2D eigenvalue weighted by atomic mass is 16.1. The second-order valence-corrected chi connectivity index (χ2v) is 3.74. The van der Waals surface area contributed by atoms with Crippen LogP contribution in [0.1, 0.15) is 34.6 Å². The van der Waals surface area contributed by atoms with Crippen LogP contribution in [-0.2, 0) is 0 Å². The molecule has 0 saturated carbocycles. The number of Topliss-reactive ketones (excluding diaryl/α,β-unsaturated/α-hetero) is 2. The Balaban J connectivity index is 2.68. The number of hydrogen-bond donors (Lipinski definition) is 0. The first-order chi connectivity index (χ1) is 7.66. The number of ketones is 2. The van der Waals surface area contributed by atoms with Gasteiger partial charge in [-0.3, -0.25) is 9.59 Å². The maximum Gasteiger partial charge on any atom is 0.194 e. The lowest BCUT2D eigenvalue weighted by Crippen LogP contribution is -2.19. The van der Waals surface area contributed by atoms with Gasteiger partial charge in [-0.1, -0.05) is 36.4 Å². The van der Waals surface area contributed by atoms with Crippen LogP contribution in [0.5, 0.6) is 0 Å². The summed E-state index contributed by atoms with van der Waals surface area (Å²) in [7, 11) is 0. The predicted octanol–water partition coefficient (Wildman–Crippen LogP) is 2.96. The summed E-state index contributed by atoms with van der Waals surface area (Å²) in [6, 6.07) is 6.95. The summed E-state index contributed by atoms with van der Waals surface area (Å²) in [6.45, 7) is 3.53. The van der Waals surface area contributed by atoms with Crippen LogP contribution in [0.3, 0.4) is 0 Å². The molecule has 0 aromatic heterocycles. The van der Waals surface area contributed by atoms with Crippen molar-refractivity contribution in [3.05, 3.63) is 58.7 Å². The molecule has 0 bridgehead atoms. The normalized spacial score (nSPS) is 15.9. The van der Waals surface area contributed by atoms with Crippen molar-refractivity contribution in [3.8, 4) is 0 Å². The molecular formula is C14H12O2. The van der Waals surface area contributed by atoms with Crippen molar-refractivity contribution in [2.45, 2.75) is 13.8 Å². The monoisotopic (exact) mass is 212 g/mol. The first-order valence-electron chi connectivity index (χ1n) is 5.18. The van der Waals surface area contributed by atoms with Gasteiger partial charge < -0.3 is 0 Å². The Labute approximate surface area is 94.3 Å². The molecule has 1 aromatic carbocycles. The summed E-state index contributed by atoms with van der Waals surface area (Å²) >= 11 is 0. The molecule has 16 heavy (non-hydrogen) atoms. The zero-order chi connectivity index (χ0) is 11.7. The van der Waals surface area contributed by atoms with E-state index in [9.17, 15) is 9.59 Å². The topological polar surface area (TPSA) is 34.1 Å². The molecule has 0 unspecified atom stereocenters. The van der Waals surface area contributed by atoms with E-state index in [2.05, 4.69) is 0 Å². The number of benzene rings is 1. The zero-order valence-electron chi connectivity index (χ0n) is 9.28. The van der Waals surface area contributed by atoms with Crippen molar-refractivity contribution in [1.82, 2.24) is 0 Å². The predicted molar refractivity (Wildman–Crippen MR) is 62.6 cm³/mol. The van der Waals surface area contributed by atoms with Crippen molar-refractivity contribution in [1.29, 1.82) is 0 Å². The Hall–Kier alpha value is -1.96. The highest BCUT2D eigenvalue weighted by Gasteiger charge is 2.27. The van der Waals surface area contributed by atoms with E-state index in [4.69, 9.17) is 0 Å². The summed E-state index contributed by atoms with van der Waals surface area (Å²) in [5, 5.41) is 0. The van der Waals surface area contributed by atoms with Gasteiger partial charge in [-0.25, -0.2) is 0 Å². The van der Waals surface area contributed by atoms with E-state index in [1.54, 1.807) is 43.3 Å². The number of allylic oxidation sites excluding steroid dienone is 4. The van der Waals surface area contributed by atoms with Gasteiger partial charge in [-0.2, -0.15) is 0 Å². The maximum atomic E-state index is 12.1. The summed E-state index contributed by atoms with van der Waals surface area (Å²) in [5.74, 6) is -0.117. The van der Waals surface area contributed by atoms with Gasteiger partial charge >= 0.3 is 0 Å². The molecular weight excluding hydrogens is 200 g/mol. The van der Waals surface area contributed by atoms with Crippen molar-refractivity contribution in [2.24, 2.45) is 0 Å². The Bertz CT molecular complexity index is 533. The van der Waals surface area contributed by atoms with Crippen LogP contribution >= 0.6 is 0 Å². The molecule has 0 N–H and O–H groups in total. The number of carbonyl (C=O) groups is 2. The lowest BCUT2D eigenvalue weighted by Gasteiger charge is -2.16. The summed E-state index contributed by atoms with van der Waals surface area (Å²) in [4.78, 5) is 24.1. The van der Waals surface area contributed by atoms with Crippen LogP contribution in [-0.4, -0.2) is 11.6 Å². The smallest absolute Gasteiger partial charge is 0.194 e. The average molecular weight is 212 g/mol. The van der Waals surface area contributed by atoms with Gasteiger partial charge in [0.05, 0.1) is 0 Å². The van der Waals surface area contributed by atoms with E-state index in [0.717, 1.165) is 0 Å². The Morgan fingerprint density at radius 3 is 2.12 bits per heavy atom. The van der Waals surface area contributed by atoms with Gasteiger partial charge in [-0.05, 0) is 13.8 Å². The van der Waals surface area contributed by atoms with E-state index < -0.39 is 0 Å². The Morgan fingerprint density at radius 2 is 1.56 bits per heavy atom. The van der Waals surface area contributed by atoms with Crippen LogP contribution < -0.4 is 0 Å². The molecule has 1 aliphatic rings. The molecule has 1 aromatic rings. The van der Waals surface area contributed by atoms with E-state index >= 15 is 0 Å². The number of rotatable bonds is 1. The third-order valence-electron chi connectivity index (χ3n) is 2.74. The van der Waals surface area contributed by atoms with Gasteiger partial charge in [0, 0.05) is 22.3 Å². The molecule has 0 fully saturated rings. The second kappa shape index (κ2) is 3.89. The van der Waals surface area contributed by atoms with Crippen LogP contribution in [0.25, 0.3) is 0 Å². The Kier molecular flexibility index (Phi) is 2.57. The lowest BCUT2D eigenvalue weighted by atomic mass is 9.84. The molecule has 0 aliphatic heterocycles. The van der Waals surface area contributed by atoms with Crippen LogP contribution in [0.15, 0.2) is 47.6 Å². The first kappa shape index (κ1) is 10.6. The fraction of sp³-hybridized carbons (Fsp3) is 0.143. The standard InChI is InChI=1S/C14H12O2/c1-3-6-10-9(2)13(15)11-7-4-5-8-12(11)14(10)16/h3-8H,1-2H3/b6-3-. The molecule has 2 nitrogen and oxygen atoms in total. The summed E-state index contributed by atoms with van der Waals surface area (Å²) < 4.78 is 0. The van der Waals surface area contributed by atoms with Crippen molar-refractivity contribution in [2.75, 3.05) is 0 Å². The van der Waals surface area contributed by atoms with Gasteiger partial charge in [0.2, 0.25) is 0 Å². The van der Waals surface area contributed by atoms with Gasteiger partial charge in [0.1, 0.15) is 0 Å². The highest BCUT2D eigenvalue weighted by Crippen LogP contribution is 2.26. The molecule has 80 valence electrons. The third kappa shape index (κ3) is 1.43. The summed E-state index contributed by atoms with van der Waals surface area (Å²) in [5.41, 5.74) is 2.05. The second-order valence-electron chi connectivity index (χ2n) is 3.74. The number of hydrogen-bond acceptors (Lipinski definition) is 2. The molecule has 0 spiro atoms. The fourth-order valence-corrected chi connectivity index (χ4v) is 1.89. The van der Waals surface area contributed by atoms with Gasteiger partial charge in [0.25, 0.3) is 0 Å². The van der Waals surface area contributed by atoms with E-state index in [1.165, 1.54) is 0 Å². The lowest BCUT2D eigenvalue weighted by molar-refractivity contribution is 0.0978. The maximum absolute atomic E-state index is 12.1. The fourth-order valence-electron chi connectivity index (χ4n) is 1.89. The molecule has 1 aliphatic carbocycles. The quantitative estimate of drug-likeness (QED) is 0.717. The van der Waals surface area contributed by atoms with Crippen LogP contribution in [0.2, 0.25) is 0 Å². The minimum absolute atomic E-state index is 0.0525.